The van der Waals surface area contributed by atoms with Gasteiger partial charge in [-0.15, -0.1) is 0 Å². The molecule has 1 amide bonds. The van der Waals surface area contributed by atoms with E-state index in [1.54, 1.807) is 6.33 Å². The fourth-order valence-electron chi connectivity index (χ4n) is 3.43. The molecular formula is C15H24N4O. The van der Waals surface area contributed by atoms with Crippen LogP contribution >= 0.6 is 0 Å². The highest BCUT2D eigenvalue weighted by atomic mass is 16.2. The van der Waals surface area contributed by atoms with Crippen LogP contribution in [-0.2, 0) is 11.3 Å². The molecule has 0 bridgehead atoms. The Bertz CT molecular complexity index is 423. The fourth-order valence-corrected chi connectivity index (χ4v) is 3.43. The lowest BCUT2D eigenvalue weighted by Gasteiger charge is -2.27. The number of carbonyl (C=O) groups excluding carboxylic acids is 1. The molecule has 20 heavy (non-hydrogen) atoms. The minimum atomic E-state index is 0.286. The number of aromatic nitrogens is 2. The van der Waals surface area contributed by atoms with Crippen LogP contribution in [0, 0.1) is 0 Å². The van der Waals surface area contributed by atoms with Crippen LogP contribution in [0.15, 0.2) is 12.5 Å². The standard InChI is InChI=1S/C15H24N4O/c20-15-7-12(17-9-13-8-16-11-18-13)10-19(15)14-5-3-1-2-4-6-14/h8,11-12,14,17H,1-7,9-10H2,(H,16,18)/t12-/m1/s1. The molecule has 1 aromatic heterocycles. The third-order valence-electron chi connectivity index (χ3n) is 4.56. The second-order valence-corrected chi connectivity index (χ2v) is 6.05. The Morgan fingerprint density at radius 2 is 2.10 bits per heavy atom. The molecular weight excluding hydrogens is 252 g/mol. The Hall–Kier alpha value is -1.36. The summed E-state index contributed by atoms with van der Waals surface area (Å²) in [6.45, 7) is 1.63. The Morgan fingerprint density at radius 1 is 1.30 bits per heavy atom. The number of amides is 1. The van der Waals surface area contributed by atoms with Gasteiger partial charge >= 0.3 is 0 Å². The predicted octanol–water partition coefficient (Wildman–Crippen LogP) is 1.82. The van der Waals surface area contributed by atoms with Crippen LogP contribution in [0.4, 0.5) is 0 Å². The molecule has 0 aromatic carbocycles. The molecule has 1 saturated heterocycles. The molecule has 110 valence electrons. The molecule has 0 spiro atoms. The van der Waals surface area contributed by atoms with E-state index in [9.17, 15) is 4.79 Å². The van der Waals surface area contributed by atoms with Gasteiger partial charge in [0, 0.05) is 43.5 Å². The van der Waals surface area contributed by atoms with E-state index >= 15 is 0 Å². The summed E-state index contributed by atoms with van der Waals surface area (Å²) in [6, 6.07) is 0.776. The first kappa shape index (κ1) is 13.6. The van der Waals surface area contributed by atoms with Crippen LogP contribution in [0.3, 0.4) is 0 Å². The van der Waals surface area contributed by atoms with Crippen LogP contribution < -0.4 is 5.32 Å². The molecule has 0 unspecified atom stereocenters. The van der Waals surface area contributed by atoms with Crippen LogP contribution in [0.5, 0.6) is 0 Å². The van der Waals surface area contributed by atoms with E-state index in [1.165, 1.54) is 38.5 Å². The topological polar surface area (TPSA) is 61.0 Å². The van der Waals surface area contributed by atoms with Crippen molar-refractivity contribution in [2.75, 3.05) is 6.54 Å². The van der Waals surface area contributed by atoms with Gasteiger partial charge in [-0.05, 0) is 12.8 Å². The summed E-state index contributed by atoms with van der Waals surface area (Å²) in [6.07, 6.45) is 11.8. The molecule has 1 atom stereocenters. The van der Waals surface area contributed by atoms with E-state index in [1.807, 2.05) is 6.20 Å². The van der Waals surface area contributed by atoms with E-state index in [4.69, 9.17) is 0 Å². The molecule has 2 aliphatic rings. The van der Waals surface area contributed by atoms with E-state index in [0.717, 1.165) is 18.8 Å². The van der Waals surface area contributed by atoms with Gasteiger partial charge in [0.2, 0.25) is 5.91 Å². The monoisotopic (exact) mass is 276 g/mol. The summed E-state index contributed by atoms with van der Waals surface area (Å²) in [4.78, 5) is 21.4. The molecule has 0 radical (unpaired) electrons. The Morgan fingerprint density at radius 3 is 2.80 bits per heavy atom. The summed E-state index contributed by atoms with van der Waals surface area (Å²) >= 11 is 0. The number of hydrogen-bond donors (Lipinski definition) is 2. The number of hydrogen-bond acceptors (Lipinski definition) is 3. The van der Waals surface area contributed by atoms with E-state index < -0.39 is 0 Å². The van der Waals surface area contributed by atoms with Crippen molar-refractivity contribution in [3.8, 4) is 0 Å². The average Bonchev–Trinajstić information content (AvgIpc) is 3.00. The van der Waals surface area contributed by atoms with Crippen LogP contribution in [0.1, 0.15) is 50.6 Å². The minimum absolute atomic E-state index is 0.286. The van der Waals surface area contributed by atoms with Gasteiger partial charge in [0.25, 0.3) is 0 Å². The summed E-state index contributed by atoms with van der Waals surface area (Å²) in [7, 11) is 0. The molecule has 1 aromatic rings. The lowest BCUT2D eigenvalue weighted by molar-refractivity contribution is -0.129. The lowest BCUT2D eigenvalue weighted by Crippen LogP contribution is -2.38. The van der Waals surface area contributed by atoms with Gasteiger partial charge < -0.3 is 15.2 Å². The number of nitrogens with one attached hydrogen (secondary N) is 2. The number of aromatic amines is 1. The summed E-state index contributed by atoms with van der Waals surface area (Å²) in [5, 5.41) is 3.47. The third-order valence-corrected chi connectivity index (χ3v) is 4.56. The first-order chi connectivity index (χ1) is 9.83. The van der Waals surface area contributed by atoms with E-state index in [2.05, 4.69) is 20.2 Å². The average molecular weight is 276 g/mol. The molecule has 1 aliphatic heterocycles. The Kier molecular flexibility index (Phi) is 4.35. The van der Waals surface area contributed by atoms with Crippen LogP contribution in [-0.4, -0.2) is 39.4 Å². The maximum absolute atomic E-state index is 12.2. The highest BCUT2D eigenvalue weighted by Crippen LogP contribution is 2.25. The van der Waals surface area contributed by atoms with Gasteiger partial charge in [-0.1, -0.05) is 25.7 Å². The zero-order valence-electron chi connectivity index (χ0n) is 12.0. The zero-order valence-corrected chi connectivity index (χ0v) is 12.0. The summed E-state index contributed by atoms with van der Waals surface area (Å²) < 4.78 is 0. The summed E-state index contributed by atoms with van der Waals surface area (Å²) in [5.41, 5.74) is 1.07. The second kappa shape index (κ2) is 6.39. The van der Waals surface area contributed by atoms with Gasteiger partial charge in [0.05, 0.1) is 6.33 Å². The quantitative estimate of drug-likeness (QED) is 0.825. The number of nitrogens with zero attached hydrogens (tertiary/aromatic N) is 2. The maximum atomic E-state index is 12.2. The maximum Gasteiger partial charge on any atom is 0.224 e. The van der Waals surface area contributed by atoms with E-state index in [-0.39, 0.29) is 6.04 Å². The first-order valence-electron chi connectivity index (χ1n) is 7.83. The molecule has 5 heteroatoms. The van der Waals surface area contributed by atoms with Gasteiger partial charge in [0.1, 0.15) is 0 Å². The van der Waals surface area contributed by atoms with E-state index in [0.29, 0.717) is 18.4 Å². The number of rotatable bonds is 4. The minimum Gasteiger partial charge on any atom is -0.347 e. The van der Waals surface area contributed by atoms with Gasteiger partial charge in [-0.3, -0.25) is 4.79 Å². The zero-order chi connectivity index (χ0) is 13.8. The van der Waals surface area contributed by atoms with Gasteiger partial charge in [-0.2, -0.15) is 0 Å². The van der Waals surface area contributed by atoms with Crippen molar-refractivity contribution in [1.29, 1.82) is 0 Å². The SMILES string of the molecule is O=C1C[C@@H](NCc2cnc[nH]2)CN1C1CCCCCC1. The number of H-pyrrole nitrogens is 1. The Labute approximate surface area is 120 Å². The van der Waals surface area contributed by atoms with Crippen LogP contribution in [0.2, 0.25) is 0 Å². The Balaban J connectivity index is 1.52. The van der Waals surface area contributed by atoms with Crippen molar-refractivity contribution in [3.05, 3.63) is 18.2 Å². The van der Waals surface area contributed by atoms with Crippen molar-refractivity contribution in [3.63, 3.8) is 0 Å². The molecule has 1 saturated carbocycles. The normalized spacial score (nSPS) is 25.1. The third kappa shape index (κ3) is 3.20. The second-order valence-electron chi connectivity index (χ2n) is 6.05. The highest BCUT2D eigenvalue weighted by Gasteiger charge is 2.34. The number of likely N-dealkylation sites (tertiary alicyclic amines) is 1. The van der Waals surface area contributed by atoms with Gasteiger partial charge in [-0.25, -0.2) is 4.98 Å². The van der Waals surface area contributed by atoms with Crippen molar-refractivity contribution < 1.29 is 4.79 Å². The summed E-state index contributed by atoms with van der Waals surface area (Å²) in [5.74, 6) is 0.332. The molecule has 3 rings (SSSR count). The van der Waals surface area contributed by atoms with Crippen molar-refractivity contribution in [1.82, 2.24) is 20.2 Å². The fraction of sp³-hybridized carbons (Fsp3) is 0.733. The smallest absolute Gasteiger partial charge is 0.224 e. The molecule has 2 heterocycles. The molecule has 5 nitrogen and oxygen atoms in total. The first-order valence-corrected chi connectivity index (χ1v) is 7.83. The molecule has 2 fully saturated rings. The predicted molar refractivity (Wildman–Crippen MR) is 77.0 cm³/mol. The number of carbonyl (C=O) groups is 1. The van der Waals surface area contributed by atoms with Crippen molar-refractivity contribution >= 4 is 5.91 Å². The van der Waals surface area contributed by atoms with Gasteiger partial charge in [0.15, 0.2) is 0 Å². The number of imidazole rings is 1. The van der Waals surface area contributed by atoms with Crippen LogP contribution in [0.25, 0.3) is 0 Å². The van der Waals surface area contributed by atoms with Crippen molar-refractivity contribution in [2.24, 2.45) is 0 Å². The lowest BCUT2D eigenvalue weighted by atomic mass is 10.1. The largest absolute Gasteiger partial charge is 0.347 e. The molecule has 2 N–H and O–H groups in total. The molecule has 1 aliphatic carbocycles. The van der Waals surface area contributed by atoms with Crippen molar-refractivity contribution in [2.45, 2.75) is 63.6 Å². The highest BCUT2D eigenvalue weighted by molar-refractivity contribution is 5.79.